The highest BCUT2D eigenvalue weighted by atomic mass is 16.2. The molecule has 0 atom stereocenters. The van der Waals surface area contributed by atoms with E-state index >= 15 is 0 Å². The maximum absolute atomic E-state index is 12.3. The van der Waals surface area contributed by atoms with Gasteiger partial charge < -0.3 is 15.6 Å². The van der Waals surface area contributed by atoms with Crippen LogP contribution >= 0.6 is 0 Å². The number of nitrogens with zero attached hydrogens (tertiary/aromatic N) is 2. The minimum atomic E-state index is -0.215. The highest BCUT2D eigenvalue weighted by molar-refractivity contribution is 5.96. The van der Waals surface area contributed by atoms with Crippen LogP contribution in [0.1, 0.15) is 53.1 Å². The Morgan fingerprint density at radius 3 is 2.70 bits per heavy atom. The molecule has 1 saturated heterocycles. The zero-order valence-corrected chi connectivity index (χ0v) is 19.0. The fraction of sp³-hybridized carbons (Fsp3) is 0.423. The van der Waals surface area contributed by atoms with Crippen LogP contribution in [0.15, 0.2) is 48.8 Å². The number of hydrogen-bond acceptors (Lipinski definition) is 4. The van der Waals surface area contributed by atoms with Crippen LogP contribution in [0.25, 0.3) is 11.0 Å². The third-order valence-corrected chi connectivity index (χ3v) is 7.09. The highest BCUT2D eigenvalue weighted by Gasteiger charge is 2.35. The van der Waals surface area contributed by atoms with Crippen molar-refractivity contribution in [1.82, 2.24) is 25.5 Å². The van der Waals surface area contributed by atoms with Gasteiger partial charge in [0, 0.05) is 24.7 Å². The predicted octanol–water partition coefficient (Wildman–Crippen LogP) is 3.13. The lowest BCUT2D eigenvalue weighted by atomic mass is 9.80. The lowest BCUT2D eigenvalue weighted by Gasteiger charge is -2.46. The lowest BCUT2D eigenvalue weighted by molar-refractivity contribution is -0.122. The first-order chi connectivity index (χ1) is 16.0. The number of likely N-dealkylation sites (tertiary alicyclic amines) is 1. The van der Waals surface area contributed by atoms with Crippen molar-refractivity contribution in [1.29, 1.82) is 0 Å². The van der Waals surface area contributed by atoms with E-state index in [1.807, 2.05) is 25.1 Å². The van der Waals surface area contributed by atoms with E-state index in [9.17, 15) is 9.59 Å². The summed E-state index contributed by atoms with van der Waals surface area (Å²) in [6.45, 7) is 3.74. The van der Waals surface area contributed by atoms with Crippen molar-refractivity contribution in [3.05, 3.63) is 65.5 Å². The monoisotopic (exact) mass is 445 g/mol. The number of carbonyl (C=O) groups excluding carboxylic acids is 2. The number of amides is 2. The van der Waals surface area contributed by atoms with Crippen molar-refractivity contribution < 1.29 is 9.59 Å². The van der Waals surface area contributed by atoms with Crippen molar-refractivity contribution in [2.24, 2.45) is 0 Å². The SMILES string of the molecule is Cc1cccc(C(=O)NCC(=O)NC2CN(C3CCC(c4ccc5nc[nH]c5c4)CC3)C2)c1. The molecule has 2 heterocycles. The van der Waals surface area contributed by atoms with Gasteiger partial charge in [-0.15, -0.1) is 0 Å². The summed E-state index contributed by atoms with van der Waals surface area (Å²) in [5, 5.41) is 5.76. The molecule has 33 heavy (non-hydrogen) atoms. The lowest BCUT2D eigenvalue weighted by Crippen LogP contribution is -2.63. The van der Waals surface area contributed by atoms with Gasteiger partial charge in [-0.3, -0.25) is 14.5 Å². The van der Waals surface area contributed by atoms with Crippen LogP contribution in [0.2, 0.25) is 0 Å². The fourth-order valence-corrected chi connectivity index (χ4v) is 5.21. The molecule has 2 fully saturated rings. The second-order valence-corrected chi connectivity index (χ2v) is 9.46. The van der Waals surface area contributed by atoms with Gasteiger partial charge in [-0.2, -0.15) is 0 Å². The smallest absolute Gasteiger partial charge is 0.251 e. The van der Waals surface area contributed by atoms with E-state index in [2.05, 4.69) is 43.7 Å². The third-order valence-electron chi connectivity index (χ3n) is 7.09. The topological polar surface area (TPSA) is 90.1 Å². The number of rotatable bonds is 6. The van der Waals surface area contributed by atoms with Gasteiger partial charge in [0.05, 0.1) is 29.9 Å². The Morgan fingerprint density at radius 2 is 1.91 bits per heavy atom. The molecule has 0 radical (unpaired) electrons. The Kier molecular flexibility index (Phi) is 6.13. The van der Waals surface area contributed by atoms with Crippen LogP contribution in [0.3, 0.4) is 0 Å². The second kappa shape index (κ2) is 9.35. The zero-order chi connectivity index (χ0) is 22.8. The summed E-state index contributed by atoms with van der Waals surface area (Å²) in [6, 6.07) is 14.7. The van der Waals surface area contributed by atoms with Crippen molar-refractivity contribution >= 4 is 22.8 Å². The second-order valence-electron chi connectivity index (χ2n) is 9.46. The Hall–Kier alpha value is -3.19. The minimum Gasteiger partial charge on any atom is -0.349 e. The molecule has 7 heteroatoms. The largest absolute Gasteiger partial charge is 0.349 e. The summed E-state index contributed by atoms with van der Waals surface area (Å²) in [7, 11) is 0. The average molecular weight is 446 g/mol. The van der Waals surface area contributed by atoms with E-state index in [1.54, 1.807) is 12.4 Å². The van der Waals surface area contributed by atoms with Crippen molar-refractivity contribution in [2.75, 3.05) is 19.6 Å². The molecule has 1 aromatic heterocycles. The molecular weight excluding hydrogens is 414 g/mol. The van der Waals surface area contributed by atoms with E-state index in [4.69, 9.17) is 0 Å². The number of imidazole rings is 1. The van der Waals surface area contributed by atoms with Gasteiger partial charge in [0.1, 0.15) is 0 Å². The van der Waals surface area contributed by atoms with Crippen LogP contribution in [0.4, 0.5) is 0 Å². The van der Waals surface area contributed by atoms with Crippen LogP contribution in [-0.2, 0) is 4.79 Å². The Bertz CT molecular complexity index is 1140. The van der Waals surface area contributed by atoms with Crippen LogP contribution in [-0.4, -0.2) is 58.4 Å². The number of H-pyrrole nitrogens is 1. The average Bonchev–Trinajstić information content (AvgIpc) is 3.28. The fourth-order valence-electron chi connectivity index (χ4n) is 5.21. The molecule has 7 nitrogen and oxygen atoms in total. The summed E-state index contributed by atoms with van der Waals surface area (Å²) in [4.78, 5) is 34.5. The van der Waals surface area contributed by atoms with E-state index in [1.165, 1.54) is 31.2 Å². The number of fused-ring (bicyclic) bond motifs is 1. The normalized spacial score (nSPS) is 21.5. The van der Waals surface area contributed by atoms with Gasteiger partial charge >= 0.3 is 0 Å². The quantitative estimate of drug-likeness (QED) is 0.544. The van der Waals surface area contributed by atoms with E-state index in [0.717, 1.165) is 29.7 Å². The molecule has 2 amide bonds. The van der Waals surface area contributed by atoms with Gasteiger partial charge in [0.15, 0.2) is 0 Å². The summed E-state index contributed by atoms with van der Waals surface area (Å²) in [5.41, 5.74) is 5.15. The third kappa shape index (κ3) is 4.93. The van der Waals surface area contributed by atoms with Gasteiger partial charge in [0.2, 0.25) is 5.91 Å². The molecule has 0 unspecified atom stereocenters. The number of hydrogen-bond donors (Lipinski definition) is 3. The number of carbonyl (C=O) groups is 2. The zero-order valence-electron chi connectivity index (χ0n) is 19.0. The van der Waals surface area contributed by atoms with Crippen molar-refractivity contribution in [3.63, 3.8) is 0 Å². The maximum Gasteiger partial charge on any atom is 0.251 e. The number of aryl methyl sites for hydroxylation is 1. The standard InChI is InChI=1S/C26H31N5O2/c1-17-3-2-4-20(11-17)26(33)27-13-25(32)30-21-14-31(15-21)22-8-5-18(6-9-22)19-7-10-23-24(12-19)29-16-28-23/h2-4,7,10-12,16,18,21-22H,5-6,8-9,13-15H2,1H3,(H,27,33)(H,28,29)(H,30,32). The number of nitrogens with one attached hydrogen (secondary N) is 3. The molecule has 1 aliphatic heterocycles. The molecule has 3 aromatic rings. The first-order valence-corrected chi connectivity index (χ1v) is 11.9. The number of aromatic amines is 1. The summed E-state index contributed by atoms with van der Waals surface area (Å²) in [5.74, 6) is 0.272. The van der Waals surface area contributed by atoms with Gasteiger partial charge in [-0.1, -0.05) is 23.8 Å². The van der Waals surface area contributed by atoms with Crippen molar-refractivity contribution in [3.8, 4) is 0 Å². The molecule has 1 saturated carbocycles. The predicted molar refractivity (Wildman–Crippen MR) is 128 cm³/mol. The molecule has 3 N–H and O–H groups in total. The van der Waals surface area contributed by atoms with Crippen LogP contribution < -0.4 is 10.6 Å². The van der Waals surface area contributed by atoms with E-state index < -0.39 is 0 Å². The molecule has 0 bridgehead atoms. The first kappa shape index (κ1) is 21.6. The van der Waals surface area contributed by atoms with Crippen LogP contribution in [0, 0.1) is 6.92 Å². The summed E-state index contributed by atoms with van der Waals surface area (Å²) < 4.78 is 0. The Balaban J connectivity index is 1.02. The molecule has 172 valence electrons. The summed E-state index contributed by atoms with van der Waals surface area (Å²) in [6.07, 6.45) is 6.53. The maximum atomic E-state index is 12.3. The van der Waals surface area contributed by atoms with Crippen LogP contribution in [0.5, 0.6) is 0 Å². The van der Waals surface area contributed by atoms with E-state index in [0.29, 0.717) is 17.5 Å². The van der Waals surface area contributed by atoms with Crippen molar-refractivity contribution in [2.45, 2.75) is 50.6 Å². The van der Waals surface area contributed by atoms with Gasteiger partial charge in [-0.05, 0) is 68.4 Å². The molecule has 2 aliphatic rings. The molecule has 0 spiro atoms. The van der Waals surface area contributed by atoms with E-state index in [-0.39, 0.29) is 24.4 Å². The Labute approximate surface area is 194 Å². The molecular formula is C26H31N5O2. The molecule has 2 aromatic carbocycles. The number of aromatic nitrogens is 2. The highest BCUT2D eigenvalue weighted by Crippen LogP contribution is 2.36. The minimum absolute atomic E-state index is 0.00899. The first-order valence-electron chi connectivity index (χ1n) is 11.9. The Morgan fingerprint density at radius 1 is 1.09 bits per heavy atom. The van der Waals surface area contributed by atoms with Gasteiger partial charge in [-0.25, -0.2) is 4.98 Å². The number of benzene rings is 2. The van der Waals surface area contributed by atoms with Gasteiger partial charge in [0.25, 0.3) is 5.91 Å². The molecule has 5 rings (SSSR count). The molecule has 1 aliphatic carbocycles. The summed E-state index contributed by atoms with van der Waals surface area (Å²) >= 11 is 0.